The van der Waals surface area contributed by atoms with Gasteiger partial charge >= 0.3 is 0 Å². The van der Waals surface area contributed by atoms with E-state index in [-0.39, 0.29) is 0 Å². The van der Waals surface area contributed by atoms with Crippen LogP contribution in [0, 0.1) is 6.92 Å². The van der Waals surface area contributed by atoms with Gasteiger partial charge in [0, 0.05) is 16.5 Å². The second-order valence-corrected chi connectivity index (χ2v) is 9.65. The second-order valence-electron chi connectivity index (χ2n) is 8.41. The van der Waals surface area contributed by atoms with E-state index in [0.29, 0.717) is 5.25 Å². The Bertz CT molecular complexity index is 1400. The Labute approximate surface area is 187 Å². The van der Waals surface area contributed by atoms with Crippen molar-refractivity contribution in [2.75, 3.05) is 0 Å². The Kier molecular flexibility index (Phi) is 4.54. The highest BCUT2D eigenvalue weighted by Crippen LogP contribution is 2.48. The van der Waals surface area contributed by atoms with Crippen LogP contribution in [0.1, 0.15) is 33.2 Å². The van der Waals surface area contributed by atoms with E-state index in [1.807, 2.05) is 18.0 Å². The van der Waals surface area contributed by atoms with Gasteiger partial charge in [0.1, 0.15) is 0 Å². The zero-order chi connectivity index (χ0) is 20.8. The van der Waals surface area contributed by atoms with Gasteiger partial charge in [0.25, 0.3) is 0 Å². The van der Waals surface area contributed by atoms with E-state index in [4.69, 9.17) is 4.98 Å². The molecule has 1 nitrogen and oxygen atoms in total. The number of benzene rings is 4. The molecule has 1 aliphatic heterocycles. The van der Waals surface area contributed by atoms with Crippen LogP contribution in [0.3, 0.4) is 0 Å². The van der Waals surface area contributed by atoms with Crippen LogP contribution in [0.25, 0.3) is 21.5 Å². The summed E-state index contributed by atoms with van der Waals surface area (Å²) in [4.78, 5) is 6.33. The van der Waals surface area contributed by atoms with Crippen LogP contribution < -0.4 is 0 Å². The van der Waals surface area contributed by atoms with Crippen LogP contribution in [0.5, 0.6) is 0 Å². The Balaban J connectivity index is 1.54. The van der Waals surface area contributed by atoms with Gasteiger partial charge in [0.05, 0.1) is 10.9 Å². The molecule has 150 valence electrons. The summed E-state index contributed by atoms with van der Waals surface area (Å²) < 4.78 is 0. The molecule has 0 N–H and O–H groups in total. The fourth-order valence-electron chi connectivity index (χ4n) is 5.02. The predicted octanol–water partition coefficient (Wildman–Crippen LogP) is 7.68. The second kappa shape index (κ2) is 7.55. The summed E-state index contributed by atoms with van der Waals surface area (Å²) in [5.41, 5.74) is 6.72. The van der Waals surface area contributed by atoms with E-state index in [1.165, 1.54) is 54.4 Å². The normalized spacial score (nSPS) is 15.5. The Morgan fingerprint density at radius 2 is 1.71 bits per heavy atom. The van der Waals surface area contributed by atoms with Gasteiger partial charge < -0.3 is 0 Å². The highest BCUT2D eigenvalue weighted by Gasteiger charge is 2.27. The third-order valence-corrected chi connectivity index (χ3v) is 7.72. The molecule has 0 fully saturated rings. The van der Waals surface area contributed by atoms with Gasteiger partial charge in [0.2, 0.25) is 0 Å². The fraction of sp³-hybridized carbons (Fsp3) is 0.138. The van der Waals surface area contributed by atoms with Crippen molar-refractivity contribution in [3.63, 3.8) is 0 Å². The number of nitrogens with zero attached hydrogens (tertiary/aromatic N) is 1. The lowest BCUT2D eigenvalue weighted by molar-refractivity contribution is 0.915. The van der Waals surface area contributed by atoms with E-state index in [0.717, 1.165) is 12.8 Å². The van der Waals surface area contributed by atoms with E-state index in [1.54, 1.807) is 0 Å². The monoisotopic (exact) mass is 417 g/mol. The molecule has 1 atom stereocenters. The first-order valence-corrected chi connectivity index (χ1v) is 11.7. The van der Waals surface area contributed by atoms with Crippen LogP contribution in [0.4, 0.5) is 0 Å². The van der Waals surface area contributed by atoms with Gasteiger partial charge in [-0.25, -0.2) is 0 Å². The van der Waals surface area contributed by atoms with Crippen molar-refractivity contribution >= 4 is 33.3 Å². The number of rotatable bonds is 3. The number of hydrogen-bond donors (Lipinski definition) is 0. The summed E-state index contributed by atoms with van der Waals surface area (Å²) >= 11 is 1.96. The maximum absolute atomic E-state index is 4.93. The summed E-state index contributed by atoms with van der Waals surface area (Å²) in [7, 11) is 0. The standard InChI is InChI=1S/C29H23NS/c1-19-16-22-11-7-12-23(17-20-8-3-2-4-9-20)28(22)24-14-15-30-29(27(19)24)26-18-21-10-5-6-13-25(21)31-26/h2-16,26H,17-18H2,1H3. The average Bonchev–Trinajstić information content (AvgIpc) is 3.24. The highest BCUT2D eigenvalue weighted by molar-refractivity contribution is 7.99. The highest BCUT2D eigenvalue weighted by atomic mass is 32.2. The number of aromatic nitrogens is 1. The first-order valence-electron chi connectivity index (χ1n) is 10.9. The van der Waals surface area contributed by atoms with Gasteiger partial charge in [-0.05, 0) is 70.3 Å². The van der Waals surface area contributed by atoms with E-state index >= 15 is 0 Å². The van der Waals surface area contributed by atoms with Crippen molar-refractivity contribution in [2.24, 2.45) is 0 Å². The van der Waals surface area contributed by atoms with E-state index in [2.05, 4.69) is 91.9 Å². The largest absolute Gasteiger partial charge is 0.259 e. The zero-order valence-corrected chi connectivity index (χ0v) is 18.3. The maximum Gasteiger partial charge on any atom is 0.0621 e. The molecule has 1 aromatic heterocycles. The Morgan fingerprint density at radius 3 is 2.58 bits per heavy atom. The Hall–Kier alpha value is -3.10. The minimum absolute atomic E-state index is 0.374. The minimum atomic E-state index is 0.374. The van der Waals surface area contributed by atoms with Crippen molar-refractivity contribution in [2.45, 2.75) is 29.9 Å². The molecule has 2 heteroatoms. The number of fused-ring (bicyclic) bond motifs is 4. The number of hydrogen-bond acceptors (Lipinski definition) is 2. The molecular weight excluding hydrogens is 394 g/mol. The van der Waals surface area contributed by atoms with Gasteiger partial charge in [-0.1, -0.05) is 72.8 Å². The molecule has 0 radical (unpaired) electrons. The average molecular weight is 418 g/mol. The Morgan fingerprint density at radius 1 is 0.871 bits per heavy atom. The van der Waals surface area contributed by atoms with Gasteiger partial charge in [-0.15, -0.1) is 11.8 Å². The molecule has 0 amide bonds. The van der Waals surface area contributed by atoms with Crippen LogP contribution in [0.2, 0.25) is 0 Å². The molecular formula is C29H23NS. The lowest BCUT2D eigenvalue weighted by atomic mass is 9.91. The quantitative estimate of drug-likeness (QED) is 0.279. The molecule has 31 heavy (non-hydrogen) atoms. The van der Waals surface area contributed by atoms with Gasteiger partial charge in [-0.2, -0.15) is 0 Å². The summed E-state index contributed by atoms with van der Waals surface area (Å²) in [6.07, 6.45) is 4.01. The van der Waals surface area contributed by atoms with Gasteiger partial charge in [-0.3, -0.25) is 4.98 Å². The lowest BCUT2D eigenvalue weighted by Crippen LogP contribution is -2.00. The lowest BCUT2D eigenvalue weighted by Gasteiger charge is -2.17. The summed E-state index contributed by atoms with van der Waals surface area (Å²) in [6.45, 7) is 2.24. The molecule has 0 spiro atoms. The van der Waals surface area contributed by atoms with E-state index < -0.39 is 0 Å². The maximum atomic E-state index is 4.93. The van der Waals surface area contributed by atoms with Crippen LogP contribution in [-0.4, -0.2) is 4.98 Å². The number of pyridine rings is 1. The molecule has 1 unspecified atom stereocenters. The smallest absolute Gasteiger partial charge is 0.0621 e. The SMILES string of the molecule is Cc1cc2cccc(Cc3ccccc3)c2c2ccnc(C3Cc4ccccc4S3)c12. The van der Waals surface area contributed by atoms with Crippen molar-refractivity contribution < 1.29 is 0 Å². The molecule has 5 aromatic rings. The van der Waals surface area contributed by atoms with Crippen LogP contribution in [0.15, 0.2) is 96.0 Å². The molecule has 0 saturated heterocycles. The molecule has 0 aliphatic carbocycles. The third kappa shape index (κ3) is 3.23. The predicted molar refractivity (Wildman–Crippen MR) is 132 cm³/mol. The molecule has 0 saturated carbocycles. The van der Waals surface area contributed by atoms with Crippen molar-refractivity contribution in [1.29, 1.82) is 0 Å². The topological polar surface area (TPSA) is 12.9 Å². The molecule has 1 aliphatic rings. The van der Waals surface area contributed by atoms with Crippen molar-refractivity contribution in [3.8, 4) is 0 Å². The van der Waals surface area contributed by atoms with Crippen LogP contribution in [-0.2, 0) is 12.8 Å². The zero-order valence-electron chi connectivity index (χ0n) is 17.5. The molecule has 2 heterocycles. The fourth-order valence-corrected chi connectivity index (χ4v) is 6.34. The number of aryl methyl sites for hydroxylation is 1. The first-order chi connectivity index (χ1) is 15.3. The van der Waals surface area contributed by atoms with Crippen molar-refractivity contribution in [3.05, 3.63) is 119 Å². The third-order valence-electron chi connectivity index (χ3n) is 6.39. The summed E-state index contributed by atoms with van der Waals surface area (Å²) in [5.74, 6) is 0. The van der Waals surface area contributed by atoms with Crippen molar-refractivity contribution in [1.82, 2.24) is 4.98 Å². The molecule has 6 rings (SSSR count). The van der Waals surface area contributed by atoms with E-state index in [9.17, 15) is 0 Å². The molecule has 0 bridgehead atoms. The molecule has 4 aromatic carbocycles. The number of thioether (sulfide) groups is 1. The first kappa shape index (κ1) is 18.7. The van der Waals surface area contributed by atoms with Crippen LogP contribution >= 0.6 is 11.8 Å². The summed E-state index contributed by atoms with van der Waals surface area (Å²) in [6, 6.07) is 30.8. The minimum Gasteiger partial charge on any atom is -0.259 e. The summed E-state index contributed by atoms with van der Waals surface area (Å²) in [5, 5.41) is 5.73. The van der Waals surface area contributed by atoms with Gasteiger partial charge in [0.15, 0.2) is 0 Å².